The summed E-state index contributed by atoms with van der Waals surface area (Å²) in [6.45, 7) is 0.214. The van der Waals surface area contributed by atoms with Crippen molar-refractivity contribution in [2.24, 2.45) is 11.8 Å². The molecule has 3 aromatic rings. The monoisotopic (exact) mass is 775 g/mol. The highest BCUT2D eigenvalue weighted by atomic mass is 35.5. The molecule has 292 valence electrons. The number of carboxylic acids is 1. The molecule has 54 heavy (non-hydrogen) atoms. The zero-order valence-electron chi connectivity index (χ0n) is 29.0. The number of anilines is 3. The lowest BCUT2D eigenvalue weighted by molar-refractivity contribution is -0.154. The van der Waals surface area contributed by atoms with E-state index in [0.717, 1.165) is 31.2 Å². The van der Waals surface area contributed by atoms with Gasteiger partial charge in [0, 0.05) is 29.2 Å². The topological polar surface area (TPSA) is 185 Å². The molecule has 0 radical (unpaired) electrons. The number of aromatic nitrogens is 3. The Balaban J connectivity index is 0.00000650. The van der Waals surface area contributed by atoms with Gasteiger partial charge in [-0.1, -0.05) is 70.2 Å². The molecule has 0 unspecified atom stereocenters. The summed E-state index contributed by atoms with van der Waals surface area (Å²) in [5.41, 5.74) is 0.786. The molecule has 0 saturated heterocycles. The molecule has 2 saturated carbocycles. The summed E-state index contributed by atoms with van der Waals surface area (Å²) in [5, 5.41) is 21.2. The summed E-state index contributed by atoms with van der Waals surface area (Å²) in [6, 6.07) is 10.9. The molecular weight excluding hydrogens is 731 g/mol. The van der Waals surface area contributed by atoms with Gasteiger partial charge in [-0.3, -0.25) is 14.4 Å². The Hall–Kier alpha value is -4.99. The SMILES string of the molecule is C.C[C@H](CC(=O)C(=O)NCC[C@H](NC(=O)c1ccc(Nc2nc(NC3(c4ccc(Cl)cc4)CC3)nc(OCC(F)(F)F)n2)cc1)C(=O)O)C1CCCCC1. The van der Waals surface area contributed by atoms with Crippen LogP contribution in [0.25, 0.3) is 0 Å². The summed E-state index contributed by atoms with van der Waals surface area (Å²) in [6.07, 6.45) is 2.28. The number of carbonyl (C=O) groups excluding carboxylic acids is 3. The maximum atomic E-state index is 12.9. The van der Waals surface area contributed by atoms with Crippen molar-refractivity contribution in [3.8, 4) is 6.01 Å². The molecule has 2 aliphatic carbocycles. The lowest BCUT2D eigenvalue weighted by atomic mass is 9.79. The first-order valence-corrected chi connectivity index (χ1v) is 17.8. The Labute approximate surface area is 316 Å². The Morgan fingerprint density at radius 1 is 0.963 bits per heavy atom. The minimum Gasteiger partial charge on any atom is -0.480 e. The van der Waals surface area contributed by atoms with Crippen LogP contribution in [0, 0.1) is 11.8 Å². The molecular formula is C37H45ClF3N7O6. The maximum Gasteiger partial charge on any atom is 0.422 e. The fourth-order valence-corrected chi connectivity index (χ4v) is 6.42. The number of rotatable bonds is 17. The number of nitrogens with one attached hydrogen (secondary N) is 4. The molecule has 2 aromatic carbocycles. The van der Waals surface area contributed by atoms with E-state index in [4.69, 9.17) is 16.3 Å². The van der Waals surface area contributed by atoms with E-state index >= 15 is 0 Å². The van der Waals surface area contributed by atoms with E-state index in [2.05, 4.69) is 36.2 Å². The zero-order valence-corrected chi connectivity index (χ0v) is 29.7. The van der Waals surface area contributed by atoms with Gasteiger partial charge in [0.05, 0.1) is 5.54 Å². The quantitative estimate of drug-likeness (QED) is 0.0908. The number of carboxylic acid groups (broad SMARTS) is 1. The highest BCUT2D eigenvalue weighted by Gasteiger charge is 2.45. The fourth-order valence-electron chi connectivity index (χ4n) is 6.29. The van der Waals surface area contributed by atoms with Crippen molar-refractivity contribution in [2.75, 3.05) is 23.8 Å². The number of ether oxygens (including phenoxy) is 1. The van der Waals surface area contributed by atoms with Gasteiger partial charge in [-0.05, 0) is 73.1 Å². The number of ketones is 1. The summed E-state index contributed by atoms with van der Waals surface area (Å²) in [4.78, 5) is 62.0. The van der Waals surface area contributed by atoms with E-state index in [0.29, 0.717) is 29.5 Å². The third kappa shape index (κ3) is 12.0. The van der Waals surface area contributed by atoms with Gasteiger partial charge in [0.25, 0.3) is 11.8 Å². The Kier molecular flexibility index (Phi) is 14.2. The number of Topliss-reactive ketones (excluding diaryl/α,β-unsaturated/α-hetero) is 1. The van der Waals surface area contributed by atoms with Crippen molar-refractivity contribution in [3.05, 3.63) is 64.7 Å². The van der Waals surface area contributed by atoms with Crippen LogP contribution < -0.4 is 26.0 Å². The molecule has 1 heterocycles. The fraction of sp³-hybridized carbons (Fsp3) is 0.486. The number of amides is 2. The van der Waals surface area contributed by atoms with E-state index in [1.165, 1.54) is 30.7 Å². The van der Waals surface area contributed by atoms with E-state index in [1.807, 2.05) is 19.1 Å². The van der Waals surface area contributed by atoms with Crippen LogP contribution in [0.2, 0.25) is 5.02 Å². The van der Waals surface area contributed by atoms with Crippen LogP contribution in [0.4, 0.5) is 30.8 Å². The number of aliphatic carboxylic acids is 1. The van der Waals surface area contributed by atoms with Crippen molar-refractivity contribution in [1.29, 1.82) is 0 Å². The average Bonchev–Trinajstić information content (AvgIpc) is 3.90. The molecule has 2 amide bonds. The van der Waals surface area contributed by atoms with Gasteiger partial charge in [0.2, 0.25) is 17.7 Å². The number of hydrogen-bond acceptors (Lipinski definition) is 10. The number of benzene rings is 2. The van der Waals surface area contributed by atoms with E-state index in [9.17, 15) is 37.5 Å². The van der Waals surface area contributed by atoms with Crippen LogP contribution in [0.5, 0.6) is 6.01 Å². The second-order valence-electron chi connectivity index (χ2n) is 13.5. The zero-order chi connectivity index (χ0) is 38.2. The van der Waals surface area contributed by atoms with Gasteiger partial charge in [0.1, 0.15) is 6.04 Å². The van der Waals surface area contributed by atoms with E-state index in [1.54, 1.807) is 12.1 Å². The molecule has 5 N–H and O–H groups in total. The normalized spacial score (nSPS) is 16.2. The summed E-state index contributed by atoms with van der Waals surface area (Å²) >= 11 is 6.02. The molecule has 2 fully saturated rings. The van der Waals surface area contributed by atoms with Crippen molar-refractivity contribution < 1.29 is 42.2 Å². The van der Waals surface area contributed by atoms with Crippen LogP contribution in [-0.2, 0) is 19.9 Å². The smallest absolute Gasteiger partial charge is 0.422 e. The number of nitrogens with zero attached hydrogens (tertiary/aromatic N) is 3. The van der Waals surface area contributed by atoms with Gasteiger partial charge >= 0.3 is 18.2 Å². The average molecular weight is 776 g/mol. The Bertz CT molecular complexity index is 1770. The van der Waals surface area contributed by atoms with Crippen LogP contribution in [-0.4, -0.2) is 69.0 Å². The highest BCUT2D eigenvalue weighted by molar-refractivity contribution is 6.36. The maximum absolute atomic E-state index is 12.9. The number of hydrogen-bond donors (Lipinski definition) is 5. The molecule has 2 aliphatic rings. The highest BCUT2D eigenvalue weighted by Crippen LogP contribution is 2.48. The van der Waals surface area contributed by atoms with Gasteiger partial charge in [-0.2, -0.15) is 28.1 Å². The van der Waals surface area contributed by atoms with E-state index in [-0.39, 0.29) is 50.2 Å². The third-order valence-corrected chi connectivity index (χ3v) is 9.67. The van der Waals surface area contributed by atoms with Crippen molar-refractivity contribution in [1.82, 2.24) is 25.6 Å². The standard InChI is InChI=1S/C36H41ClF3N7O6.CH4/c1-21(22-5-3-2-4-6-22)19-28(48)30(50)41-18-15-27(31(51)52)43-29(49)23-7-13-26(14-8-23)42-32-44-33(46-34(45-32)53-20-36(38,39)40)47-35(16-17-35)24-9-11-25(37)12-10-24;/h7-14,21-22,27H,2-6,15-20H2,1H3,(H,41,50)(H,43,49)(H,51,52)(H2,42,44,45,46,47);1H4/t21-,27+;/m1./s1. The summed E-state index contributed by atoms with van der Waals surface area (Å²) in [7, 11) is 0. The number of carbonyl (C=O) groups is 4. The summed E-state index contributed by atoms with van der Waals surface area (Å²) < 4.78 is 43.6. The third-order valence-electron chi connectivity index (χ3n) is 9.42. The Morgan fingerprint density at radius 3 is 2.22 bits per heavy atom. The predicted octanol–water partition coefficient (Wildman–Crippen LogP) is 6.81. The van der Waals surface area contributed by atoms with Gasteiger partial charge in [-0.25, -0.2) is 4.79 Å². The first-order valence-electron chi connectivity index (χ1n) is 17.4. The van der Waals surface area contributed by atoms with Crippen molar-refractivity contribution >= 4 is 52.8 Å². The minimum atomic E-state index is -4.63. The van der Waals surface area contributed by atoms with Crippen LogP contribution in [0.15, 0.2) is 48.5 Å². The molecule has 17 heteroatoms. The molecule has 0 spiro atoms. The lowest BCUT2D eigenvalue weighted by Gasteiger charge is -2.27. The number of alkyl halides is 3. The minimum absolute atomic E-state index is 0. The molecule has 1 aromatic heterocycles. The molecule has 5 rings (SSSR count). The first-order chi connectivity index (χ1) is 25.2. The molecule has 2 atom stereocenters. The molecule has 0 aliphatic heterocycles. The van der Waals surface area contributed by atoms with Gasteiger partial charge < -0.3 is 31.1 Å². The largest absolute Gasteiger partial charge is 0.480 e. The lowest BCUT2D eigenvalue weighted by Crippen LogP contribution is -2.43. The second kappa shape index (κ2) is 18.4. The van der Waals surface area contributed by atoms with Crippen LogP contribution >= 0.6 is 11.6 Å². The number of halogens is 4. The summed E-state index contributed by atoms with van der Waals surface area (Å²) in [5.74, 6) is -3.03. The first kappa shape index (κ1) is 41.8. The van der Waals surface area contributed by atoms with Crippen LogP contribution in [0.1, 0.15) is 88.1 Å². The van der Waals surface area contributed by atoms with Crippen molar-refractivity contribution in [3.63, 3.8) is 0 Å². The van der Waals surface area contributed by atoms with Gasteiger partial charge in [0.15, 0.2) is 6.61 Å². The van der Waals surface area contributed by atoms with Gasteiger partial charge in [-0.15, -0.1) is 0 Å². The molecule has 13 nitrogen and oxygen atoms in total. The predicted molar refractivity (Wildman–Crippen MR) is 196 cm³/mol. The second-order valence-corrected chi connectivity index (χ2v) is 13.9. The van der Waals surface area contributed by atoms with Crippen molar-refractivity contribution in [2.45, 2.75) is 89.9 Å². The Morgan fingerprint density at radius 2 is 1.61 bits per heavy atom. The van der Waals surface area contributed by atoms with Crippen LogP contribution in [0.3, 0.4) is 0 Å². The van der Waals surface area contributed by atoms with E-state index < -0.39 is 53.9 Å². The molecule has 0 bridgehead atoms.